The highest BCUT2D eigenvalue weighted by Gasteiger charge is 2.10. The zero-order chi connectivity index (χ0) is 20.9. The number of rotatable bonds is 5. The number of nitrogens with zero attached hydrogens (tertiary/aromatic N) is 1. The van der Waals surface area contributed by atoms with E-state index in [0.29, 0.717) is 11.3 Å². The number of hydrogen-bond donors (Lipinski definition) is 0. The molecule has 30 heavy (non-hydrogen) atoms. The van der Waals surface area contributed by atoms with Gasteiger partial charge in [0.05, 0.1) is 11.6 Å². The van der Waals surface area contributed by atoms with Gasteiger partial charge in [-0.25, -0.2) is 4.39 Å². The zero-order valence-corrected chi connectivity index (χ0v) is 17.6. The predicted octanol–water partition coefficient (Wildman–Crippen LogP) is 7.38. The van der Waals surface area contributed by atoms with Crippen LogP contribution in [0.25, 0.3) is 22.4 Å². The van der Waals surface area contributed by atoms with Crippen molar-refractivity contribution in [2.24, 2.45) is 0 Å². The van der Waals surface area contributed by atoms with Gasteiger partial charge in [0, 0.05) is 10.0 Å². The van der Waals surface area contributed by atoms with E-state index in [1.165, 1.54) is 12.1 Å². The fraction of sp³-hybridized carbons (Fsp3) is 0.0385. The third-order valence-electron chi connectivity index (χ3n) is 4.78. The van der Waals surface area contributed by atoms with Crippen molar-refractivity contribution in [3.63, 3.8) is 0 Å². The van der Waals surface area contributed by atoms with Crippen molar-refractivity contribution in [2.75, 3.05) is 0 Å². The summed E-state index contributed by atoms with van der Waals surface area (Å²) in [5, 5.41) is 11.8. The van der Waals surface area contributed by atoms with Crippen molar-refractivity contribution >= 4 is 38.4 Å². The van der Waals surface area contributed by atoms with E-state index in [-0.39, 0.29) is 12.4 Å². The number of allylic oxidation sites excluding steroid dienone is 1. The molecule has 0 fully saturated rings. The van der Waals surface area contributed by atoms with Crippen LogP contribution in [-0.2, 0) is 6.61 Å². The van der Waals surface area contributed by atoms with Gasteiger partial charge >= 0.3 is 0 Å². The van der Waals surface area contributed by atoms with E-state index in [1.54, 1.807) is 6.07 Å². The first-order valence-electron chi connectivity index (χ1n) is 9.41. The van der Waals surface area contributed by atoms with Crippen molar-refractivity contribution in [1.29, 1.82) is 5.26 Å². The fourth-order valence-corrected chi connectivity index (χ4v) is 3.56. The fourth-order valence-electron chi connectivity index (χ4n) is 3.29. The normalized spacial score (nSPS) is 11.3. The lowest BCUT2D eigenvalue weighted by Gasteiger charge is -2.13. The Kier molecular flexibility index (Phi) is 5.92. The van der Waals surface area contributed by atoms with Gasteiger partial charge in [0.1, 0.15) is 18.2 Å². The molecule has 0 unspecified atom stereocenters. The second kappa shape index (κ2) is 8.94. The minimum absolute atomic E-state index is 0.233. The number of fused-ring (bicyclic) bond motifs is 1. The summed E-state index contributed by atoms with van der Waals surface area (Å²) in [6, 6.07) is 28.1. The maximum Gasteiger partial charge on any atom is 0.127 e. The molecule has 4 rings (SSSR count). The first-order valence-corrected chi connectivity index (χ1v) is 10.2. The summed E-state index contributed by atoms with van der Waals surface area (Å²) in [5.41, 5.74) is 2.93. The van der Waals surface area contributed by atoms with Gasteiger partial charge < -0.3 is 4.74 Å². The van der Waals surface area contributed by atoms with Gasteiger partial charge in [-0.05, 0) is 58.3 Å². The molecule has 0 N–H and O–H groups in total. The molecule has 0 bridgehead atoms. The van der Waals surface area contributed by atoms with E-state index in [2.05, 4.69) is 22.0 Å². The van der Waals surface area contributed by atoms with Crippen molar-refractivity contribution < 1.29 is 9.13 Å². The average Bonchev–Trinajstić information content (AvgIpc) is 2.77. The summed E-state index contributed by atoms with van der Waals surface area (Å²) in [6.07, 6.45) is 1.85. The second-order valence-electron chi connectivity index (χ2n) is 6.79. The summed E-state index contributed by atoms with van der Waals surface area (Å²) < 4.78 is 20.5. The number of nitriles is 1. The van der Waals surface area contributed by atoms with Crippen LogP contribution >= 0.6 is 15.9 Å². The number of halogens is 2. The Bertz CT molecular complexity index is 1270. The number of hydrogen-bond acceptors (Lipinski definition) is 2. The third-order valence-corrected chi connectivity index (χ3v) is 5.31. The van der Waals surface area contributed by atoms with Gasteiger partial charge in [0.25, 0.3) is 0 Å². The van der Waals surface area contributed by atoms with Crippen LogP contribution in [0.1, 0.15) is 16.7 Å². The van der Waals surface area contributed by atoms with Gasteiger partial charge in [-0.1, -0.05) is 70.5 Å². The topological polar surface area (TPSA) is 33.0 Å². The minimum Gasteiger partial charge on any atom is -0.488 e. The van der Waals surface area contributed by atoms with Crippen LogP contribution < -0.4 is 4.74 Å². The Morgan fingerprint density at radius 3 is 2.53 bits per heavy atom. The molecule has 0 amide bonds. The van der Waals surface area contributed by atoms with Gasteiger partial charge in [-0.15, -0.1) is 0 Å². The Balaban J connectivity index is 1.78. The van der Waals surface area contributed by atoms with Gasteiger partial charge in [-0.3, -0.25) is 0 Å². The quantitative estimate of drug-likeness (QED) is 0.231. The van der Waals surface area contributed by atoms with Crippen LogP contribution in [0.4, 0.5) is 4.39 Å². The van der Waals surface area contributed by atoms with Gasteiger partial charge in [-0.2, -0.15) is 5.26 Å². The van der Waals surface area contributed by atoms with E-state index in [1.807, 2.05) is 72.8 Å². The lowest BCUT2D eigenvalue weighted by atomic mass is 9.98. The lowest BCUT2D eigenvalue weighted by molar-refractivity contribution is 0.305. The standard InChI is InChI=1S/C26H17BrFNO/c27-22-11-8-19(9-12-22)21(16-29)15-25-24-7-2-1-5-20(24)10-13-26(25)30-17-18-4-3-6-23(28)14-18/h1-15H,17H2/b21-15+. The Labute approximate surface area is 183 Å². The summed E-state index contributed by atoms with van der Waals surface area (Å²) in [5.74, 6) is 0.347. The first-order chi connectivity index (χ1) is 14.6. The molecule has 146 valence electrons. The molecular formula is C26H17BrFNO. The van der Waals surface area contributed by atoms with Crippen molar-refractivity contribution in [3.05, 3.63) is 112 Å². The van der Waals surface area contributed by atoms with Gasteiger partial charge in [0.2, 0.25) is 0 Å². The highest BCUT2D eigenvalue weighted by molar-refractivity contribution is 9.10. The van der Waals surface area contributed by atoms with E-state index in [4.69, 9.17) is 4.74 Å². The van der Waals surface area contributed by atoms with Crippen LogP contribution in [0.15, 0.2) is 89.4 Å². The Hall–Kier alpha value is -3.42. The molecule has 0 spiro atoms. The molecule has 0 aliphatic rings. The van der Waals surface area contributed by atoms with E-state index >= 15 is 0 Å². The summed E-state index contributed by atoms with van der Waals surface area (Å²) in [6.45, 7) is 0.233. The Morgan fingerprint density at radius 2 is 1.77 bits per heavy atom. The molecule has 0 atom stereocenters. The molecule has 0 aliphatic heterocycles. The van der Waals surface area contributed by atoms with Crippen molar-refractivity contribution in [3.8, 4) is 11.8 Å². The summed E-state index contributed by atoms with van der Waals surface area (Å²) in [7, 11) is 0. The smallest absolute Gasteiger partial charge is 0.127 e. The maximum atomic E-state index is 13.5. The van der Waals surface area contributed by atoms with E-state index in [9.17, 15) is 9.65 Å². The average molecular weight is 458 g/mol. The largest absolute Gasteiger partial charge is 0.488 e. The molecular weight excluding hydrogens is 441 g/mol. The van der Waals surface area contributed by atoms with Crippen LogP contribution in [0.2, 0.25) is 0 Å². The second-order valence-corrected chi connectivity index (χ2v) is 7.71. The lowest BCUT2D eigenvalue weighted by Crippen LogP contribution is -1.98. The first kappa shape index (κ1) is 19.9. The van der Waals surface area contributed by atoms with Gasteiger partial charge in [0.15, 0.2) is 0 Å². The van der Waals surface area contributed by atoms with Crippen molar-refractivity contribution in [1.82, 2.24) is 0 Å². The number of benzene rings is 4. The Morgan fingerprint density at radius 1 is 0.967 bits per heavy atom. The van der Waals surface area contributed by atoms with E-state index in [0.717, 1.165) is 31.9 Å². The highest BCUT2D eigenvalue weighted by Crippen LogP contribution is 2.32. The van der Waals surface area contributed by atoms with Crippen LogP contribution in [0.5, 0.6) is 5.75 Å². The highest BCUT2D eigenvalue weighted by atomic mass is 79.9. The number of ether oxygens (including phenoxy) is 1. The molecule has 4 aromatic rings. The SMILES string of the molecule is N#C/C(=C\c1c(OCc2cccc(F)c2)ccc2ccccc12)c1ccc(Br)cc1. The molecule has 2 nitrogen and oxygen atoms in total. The molecule has 0 aliphatic carbocycles. The molecule has 4 aromatic carbocycles. The molecule has 0 saturated carbocycles. The minimum atomic E-state index is -0.295. The third kappa shape index (κ3) is 4.42. The van der Waals surface area contributed by atoms with Crippen molar-refractivity contribution in [2.45, 2.75) is 6.61 Å². The van der Waals surface area contributed by atoms with Crippen LogP contribution in [0.3, 0.4) is 0 Å². The molecule has 4 heteroatoms. The monoisotopic (exact) mass is 457 g/mol. The van der Waals surface area contributed by atoms with E-state index < -0.39 is 0 Å². The molecule has 0 aromatic heterocycles. The molecule has 0 heterocycles. The maximum absolute atomic E-state index is 13.5. The van der Waals surface area contributed by atoms with Crippen LogP contribution in [-0.4, -0.2) is 0 Å². The molecule has 0 saturated heterocycles. The molecule has 0 radical (unpaired) electrons. The predicted molar refractivity (Wildman–Crippen MR) is 122 cm³/mol. The zero-order valence-electron chi connectivity index (χ0n) is 16.0. The van der Waals surface area contributed by atoms with Crippen LogP contribution in [0, 0.1) is 17.1 Å². The summed E-state index contributed by atoms with van der Waals surface area (Å²) in [4.78, 5) is 0. The summed E-state index contributed by atoms with van der Waals surface area (Å²) >= 11 is 3.43.